The largest absolute Gasteiger partial charge is 0.496 e. The monoisotopic (exact) mass is 554 g/mol. The molecule has 39 heavy (non-hydrogen) atoms. The summed E-state index contributed by atoms with van der Waals surface area (Å²) in [4.78, 5) is 12.1. The molecule has 0 radical (unpaired) electrons. The van der Waals surface area contributed by atoms with Crippen LogP contribution in [-0.4, -0.2) is 42.9 Å². The first kappa shape index (κ1) is 28.1. The van der Waals surface area contributed by atoms with Crippen molar-refractivity contribution in [3.05, 3.63) is 83.2 Å². The van der Waals surface area contributed by atoms with Gasteiger partial charge >= 0.3 is 0 Å². The second-order valence-electron chi connectivity index (χ2n) is 9.92. The van der Waals surface area contributed by atoms with E-state index in [0.29, 0.717) is 28.8 Å². The van der Waals surface area contributed by atoms with Crippen LogP contribution in [0.25, 0.3) is 10.9 Å². The van der Waals surface area contributed by atoms with E-state index in [1.807, 2.05) is 24.3 Å². The molecule has 0 aliphatic rings. The average Bonchev–Trinajstić information content (AvgIpc) is 3.25. The summed E-state index contributed by atoms with van der Waals surface area (Å²) in [7, 11) is -2.66. The van der Waals surface area contributed by atoms with E-state index in [4.69, 9.17) is 4.74 Å². The average molecular weight is 555 g/mol. The normalized spacial score (nSPS) is 11.9. The van der Waals surface area contributed by atoms with Crippen LogP contribution in [0.4, 0.5) is 10.2 Å². The minimum Gasteiger partial charge on any atom is -0.496 e. The first-order valence-electron chi connectivity index (χ1n) is 12.2. The van der Waals surface area contributed by atoms with Gasteiger partial charge in [-0.3, -0.25) is 14.2 Å². The van der Waals surface area contributed by atoms with Crippen LogP contribution >= 0.6 is 0 Å². The van der Waals surface area contributed by atoms with Crippen molar-refractivity contribution in [3.63, 3.8) is 0 Å². The van der Waals surface area contributed by atoms with Gasteiger partial charge < -0.3 is 15.2 Å². The summed E-state index contributed by atoms with van der Waals surface area (Å²) in [5, 5.41) is 17.3. The molecule has 1 heterocycles. The molecule has 0 saturated carbocycles. The van der Waals surface area contributed by atoms with Crippen LogP contribution in [-0.2, 0) is 27.9 Å². The van der Waals surface area contributed by atoms with E-state index in [0.717, 1.165) is 17.2 Å². The van der Waals surface area contributed by atoms with E-state index < -0.39 is 21.3 Å². The third kappa shape index (κ3) is 6.04. The predicted octanol–water partition coefficient (Wildman–Crippen LogP) is 3.98. The SMILES string of the molecule is COc1cccc2c1c(NS(=O)(=O)c1ccc(C)c(F)c1)nn2Cc1cccc(CNC(=O)C(C)(C)CO)c1. The summed E-state index contributed by atoms with van der Waals surface area (Å²) in [6.45, 7) is 5.20. The van der Waals surface area contributed by atoms with E-state index >= 15 is 0 Å². The summed E-state index contributed by atoms with van der Waals surface area (Å²) < 4.78 is 50.0. The number of aliphatic hydroxyl groups is 1. The Balaban J connectivity index is 1.65. The zero-order chi connectivity index (χ0) is 28.4. The number of aliphatic hydroxyl groups excluding tert-OH is 1. The number of halogens is 1. The van der Waals surface area contributed by atoms with Gasteiger partial charge in [0, 0.05) is 6.54 Å². The predicted molar refractivity (Wildman–Crippen MR) is 146 cm³/mol. The molecule has 11 heteroatoms. The fourth-order valence-corrected chi connectivity index (χ4v) is 5.01. The molecule has 0 bridgehead atoms. The van der Waals surface area contributed by atoms with E-state index in [9.17, 15) is 22.7 Å². The van der Waals surface area contributed by atoms with Crippen molar-refractivity contribution in [2.75, 3.05) is 18.4 Å². The lowest BCUT2D eigenvalue weighted by Gasteiger charge is -2.20. The Labute approximate surface area is 226 Å². The Bertz CT molecular complexity index is 1630. The van der Waals surface area contributed by atoms with Gasteiger partial charge in [-0.1, -0.05) is 36.4 Å². The molecule has 4 aromatic rings. The maximum absolute atomic E-state index is 14.1. The number of methoxy groups -OCH3 is 1. The van der Waals surface area contributed by atoms with E-state index in [1.54, 1.807) is 43.7 Å². The molecule has 0 unspecified atom stereocenters. The quantitative estimate of drug-likeness (QED) is 0.273. The number of aromatic nitrogens is 2. The van der Waals surface area contributed by atoms with Crippen LogP contribution in [0, 0.1) is 18.2 Å². The molecule has 0 spiro atoms. The zero-order valence-corrected chi connectivity index (χ0v) is 23.0. The number of aryl methyl sites for hydroxylation is 1. The molecular weight excluding hydrogens is 523 g/mol. The molecule has 0 fully saturated rings. The highest BCUT2D eigenvalue weighted by molar-refractivity contribution is 7.92. The minimum atomic E-state index is -4.14. The lowest BCUT2D eigenvalue weighted by molar-refractivity contribution is -0.131. The topological polar surface area (TPSA) is 123 Å². The van der Waals surface area contributed by atoms with Gasteiger partial charge in [0.25, 0.3) is 10.0 Å². The first-order valence-corrected chi connectivity index (χ1v) is 13.7. The summed E-state index contributed by atoms with van der Waals surface area (Å²) in [5.74, 6) is -0.402. The zero-order valence-electron chi connectivity index (χ0n) is 22.2. The van der Waals surface area contributed by atoms with Gasteiger partial charge in [0.15, 0.2) is 5.82 Å². The van der Waals surface area contributed by atoms with Crippen molar-refractivity contribution in [2.24, 2.45) is 5.41 Å². The molecule has 0 aliphatic heterocycles. The molecule has 0 atom stereocenters. The Hall–Kier alpha value is -3.96. The Morgan fingerprint density at radius 2 is 1.82 bits per heavy atom. The van der Waals surface area contributed by atoms with Crippen molar-refractivity contribution < 1.29 is 27.4 Å². The third-order valence-corrected chi connectivity index (χ3v) is 7.77. The van der Waals surface area contributed by atoms with Crippen molar-refractivity contribution in [3.8, 4) is 5.75 Å². The second kappa shape index (κ2) is 11.0. The third-order valence-electron chi connectivity index (χ3n) is 6.43. The Morgan fingerprint density at radius 3 is 2.51 bits per heavy atom. The van der Waals surface area contributed by atoms with Crippen LogP contribution in [0.5, 0.6) is 5.75 Å². The maximum atomic E-state index is 14.1. The van der Waals surface area contributed by atoms with Crippen molar-refractivity contribution in [1.82, 2.24) is 15.1 Å². The number of nitrogens with one attached hydrogen (secondary N) is 2. The minimum absolute atomic E-state index is 0.0538. The van der Waals surface area contributed by atoms with Crippen LogP contribution in [0.2, 0.25) is 0 Å². The number of fused-ring (bicyclic) bond motifs is 1. The van der Waals surface area contributed by atoms with Crippen LogP contribution in [0.3, 0.4) is 0 Å². The Morgan fingerprint density at radius 1 is 1.10 bits per heavy atom. The molecule has 206 valence electrons. The van der Waals surface area contributed by atoms with Gasteiger partial charge in [-0.2, -0.15) is 5.10 Å². The molecular formula is C28H31FN4O5S. The van der Waals surface area contributed by atoms with Gasteiger partial charge in [0.2, 0.25) is 5.91 Å². The maximum Gasteiger partial charge on any atom is 0.263 e. The number of amides is 1. The smallest absolute Gasteiger partial charge is 0.263 e. The fourth-order valence-electron chi connectivity index (χ4n) is 3.99. The highest BCUT2D eigenvalue weighted by atomic mass is 32.2. The molecule has 1 amide bonds. The van der Waals surface area contributed by atoms with E-state index in [-0.39, 0.29) is 29.8 Å². The molecule has 3 aromatic carbocycles. The number of sulfonamides is 1. The summed E-state index contributed by atoms with van der Waals surface area (Å²) in [5.41, 5.74) is 1.80. The molecule has 3 N–H and O–H groups in total. The lowest BCUT2D eigenvalue weighted by Crippen LogP contribution is -2.38. The number of carbonyl (C=O) groups is 1. The van der Waals surface area contributed by atoms with Gasteiger partial charge in [-0.15, -0.1) is 0 Å². The number of hydrogen-bond donors (Lipinski definition) is 3. The summed E-state index contributed by atoms with van der Waals surface area (Å²) in [6, 6.07) is 16.5. The molecule has 0 aliphatic carbocycles. The molecule has 4 rings (SSSR count). The molecule has 0 saturated heterocycles. The van der Waals surface area contributed by atoms with Gasteiger partial charge in [-0.25, -0.2) is 12.8 Å². The number of hydrogen-bond acceptors (Lipinski definition) is 6. The second-order valence-corrected chi connectivity index (χ2v) is 11.6. The van der Waals surface area contributed by atoms with Crippen molar-refractivity contribution in [1.29, 1.82) is 0 Å². The highest BCUT2D eigenvalue weighted by Gasteiger charge is 2.26. The number of benzene rings is 3. The number of carbonyl (C=O) groups excluding carboxylic acids is 1. The number of anilines is 1. The lowest BCUT2D eigenvalue weighted by atomic mass is 9.93. The molecule has 1 aromatic heterocycles. The van der Waals surface area contributed by atoms with Crippen LogP contribution in [0.15, 0.2) is 65.6 Å². The van der Waals surface area contributed by atoms with Gasteiger partial charge in [-0.05, 0) is 61.7 Å². The number of rotatable bonds is 10. The molecule has 9 nitrogen and oxygen atoms in total. The Kier molecular flexibility index (Phi) is 7.94. The van der Waals surface area contributed by atoms with E-state index in [1.165, 1.54) is 19.2 Å². The number of nitrogens with zero attached hydrogens (tertiary/aromatic N) is 2. The van der Waals surface area contributed by atoms with Gasteiger partial charge in [0.05, 0.1) is 41.5 Å². The number of ether oxygens (including phenoxy) is 1. The highest BCUT2D eigenvalue weighted by Crippen LogP contribution is 2.34. The van der Waals surface area contributed by atoms with E-state index in [2.05, 4.69) is 15.1 Å². The van der Waals surface area contributed by atoms with Crippen LogP contribution in [0.1, 0.15) is 30.5 Å². The first-order chi connectivity index (χ1) is 18.4. The van der Waals surface area contributed by atoms with Crippen molar-refractivity contribution >= 4 is 32.7 Å². The standard InChI is InChI=1S/C28H31FN4O5S/c1-18-11-12-21(14-22(18)29)39(36,37)32-26-25-23(9-6-10-24(25)38-4)33(31-26)16-20-8-5-7-19(13-20)15-30-27(35)28(2,3)17-34/h5-14,34H,15-17H2,1-4H3,(H,30,35)(H,31,32). The summed E-state index contributed by atoms with van der Waals surface area (Å²) >= 11 is 0. The van der Waals surface area contributed by atoms with Crippen LogP contribution < -0.4 is 14.8 Å². The summed E-state index contributed by atoms with van der Waals surface area (Å²) in [6.07, 6.45) is 0. The fraction of sp³-hybridized carbons (Fsp3) is 0.286. The van der Waals surface area contributed by atoms with Crippen molar-refractivity contribution in [2.45, 2.75) is 38.8 Å². The van der Waals surface area contributed by atoms with Gasteiger partial charge in [0.1, 0.15) is 11.6 Å².